The van der Waals surface area contributed by atoms with E-state index >= 15 is 0 Å². The number of para-hydroxylation sites is 2. The van der Waals surface area contributed by atoms with E-state index in [0.717, 1.165) is 6.42 Å². The topological polar surface area (TPSA) is 20.7 Å². The van der Waals surface area contributed by atoms with Gasteiger partial charge in [0.2, 0.25) is 0 Å². The van der Waals surface area contributed by atoms with E-state index in [4.69, 9.17) is 0 Å². The molecule has 0 radical (unpaired) electrons. The fraction of sp³-hybridized carbons (Fsp3) is 0.120. The van der Waals surface area contributed by atoms with Crippen molar-refractivity contribution in [1.29, 1.82) is 0 Å². The van der Waals surface area contributed by atoms with E-state index in [1.165, 1.54) is 43.6 Å². The van der Waals surface area contributed by atoms with Gasteiger partial charge in [0, 0.05) is 32.6 Å². The molecule has 1 N–H and O–H groups in total. The summed E-state index contributed by atoms with van der Waals surface area (Å²) >= 11 is 0. The average molecular weight is 348 g/mol. The molecule has 1 aliphatic rings. The second-order valence-corrected chi connectivity index (χ2v) is 7.76. The quantitative estimate of drug-likeness (QED) is 0.350. The van der Waals surface area contributed by atoms with Crippen LogP contribution >= 0.6 is 0 Å². The lowest BCUT2D eigenvalue weighted by Gasteiger charge is -2.31. The number of hydrogen-bond acceptors (Lipinski definition) is 0. The maximum Gasteiger partial charge on any atom is 0.0744 e. The molecule has 6 rings (SSSR count). The van der Waals surface area contributed by atoms with Crippen LogP contribution in [0.5, 0.6) is 0 Å². The number of fused-ring (bicyclic) bond motifs is 7. The SMILES string of the molecule is CC1(n2c3ccccc3c3ccc4c5ccccc5[nH]c4c32)C=CC=CC1. The predicted molar refractivity (Wildman–Crippen MR) is 115 cm³/mol. The van der Waals surface area contributed by atoms with Crippen LogP contribution < -0.4 is 0 Å². The molecule has 0 amide bonds. The molecule has 0 fully saturated rings. The van der Waals surface area contributed by atoms with Crippen molar-refractivity contribution in [1.82, 2.24) is 9.55 Å². The van der Waals surface area contributed by atoms with E-state index < -0.39 is 0 Å². The zero-order chi connectivity index (χ0) is 18.0. The highest BCUT2D eigenvalue weighted by molar-refractivity contribution is 6.22. The van der Waals surface area contributed by atoms with E-state index in [-0.39, 0.29) is 5.54 Å². The molecule has 2 heteroatoms. The first-order valence-electron chi connectivity index (χ1n) is 9.54. The molecule has 0 saturated carbocycles. The van der Waals surface area contributed by atoms with Gasteiger partial charge in [-0.15, -0.1) is 0 Å². The smallest absolute Gasteiger partial charge is 0.0744 e. The zero-order valence-electron chi connectivity index (χ0n) is 15.2. The van der Waals surface area contributed by atoms with Gasteiger partial charge < -0.3 is 9.55 Å². The number of allylic oxidation sites excluding steroid dienone is 4. The maximum absolute atomic E-state index is 3.72. The summed E-state index contributed by atoms with van der Waals surface area (Å²) in [7, 11) is 0. The first-order chi connectivity index (χ1) is 13.3. The number of aromatic nitrogens is 2. The number of aromatic amines is 1. The number of nitrogens with one attached hydrogen (secondary N) is 1. The Bertz CT molecular complexity index is 1410. The minimum Gasteiger partial charge on any atom is -0.353 e. The molecule has 3 aromatic carbocycles. The molecule has 0 aliphatic heterocycles. The Morgan fingerprint density at radius 2 is 1.59 bits per heavy atom. The Morgan fingerprint density at radius 1 is 0.815 bits per heavy atom. The van der Waals surface area contributed by atoms with Crippen molar-refractivity contribution < 1.29 is 0 Å². The number of rotatable bonds is 1. The fourth-order valence-corrected chi connectivity index (χ4v) is 4.78. The molecule has 27 heavy (non-hydrogen) atoms. The monoisotopic (exact) mass is 348 g/mol. The van der Waals surface area contributed by atoms with E-state index in [1.54, 1.807) is 0 Å². The molecule has 1 unspecified atom stereocenters. The molecule has 2 aromatic heterocycles. The summed E-state index contributed by atoms with van der Waals surface area (Å²) in [5.41, 5.74) is 4.94. The maximum atomic E-state index is 3.72. The van der Waals surface area contributed by atoms with Gasteiger partial charge >= 0.3 is 0 Å². The molecule has 130 valence electrons. The lowest BCUT2D eigenvalue weighted by Crippen LogP contribution is -2.27. The van der Waals surface area contributed by atoms with Crippen molar-refractivity contribution in [3.63, 3.8) is 0 Å². The van der Waals surface area contributed by atoms with E-state index in [2.05, 4.69) is 101 Å². The Kier molecular flexibility index (Phi) is 2.83. The summed E-state index contributed by atoms with van der Waals surface area (Å²) in [6.45, 7) is 2.33. The standard InChI is InChI=1S/C25H20N2/c1-25(15-7-2-8-16-25)27-22-12-6-4-10-18(22)20-14-13-19-17-9-3-5-11-21(17)26-23(19)24(20)27/h2-15,26H,16H2,1H3. The van der Waals surface area contributed by atoms with E-state index in [1.807, 2.05) is 0 Å². The molecule has 2 nitrogen and oxygen atoms in total. The number of benzene rings is 3. The molecule has 0 bridgehead atoms. The summed E-state index contributed by atoms with van der Waals surface area (Å²) in [5.74, 6) is 0. The summed E-state index contributed by atoms with van der Waals surface area (Å²) in [5, 5.41) is 5.21. The van der Waals surface area contributed by atoms with Crippen molar-refractivity contribution in [2.45, 2.75) is 18.9 Å². The third-order valence-corrected chi connectivity index (χ3v) is 6.06. The molecule has 0 spiro atoms. The fourth-order valence-electron chi connectivity index (χ4n) is 4.78. The second-order valence-electron chi connectivity index (χ2n) is 7.76. The van der Waals surface area contributed by atoms with Crippen LogP contribution in [-0.2, 0) is 5.54 Å². The van der Waals surface area contributed by atoms with Gasteiger partial charge in [-0.3, -0.25) is 0 Å². The first kappa shape index (κ1) is 14.9. The summed E-state index contributed by atoms with van der Waals surface area (Å²) in [4.78, 5) is 3.72. The van der Waals surface area contributed by atoms with Crippen molar-refractivity contribution >= 4 is 43.6 Å². The van der Waals surface area contributed by atoms with Gasteiger partial charge in [-0.2, -0.15) is 0 Å². The van der Waals surface area contributed by atoms with E-state index in [9.17, 15) is 0 Å². The molecule has 0 saturated heterocycles. The molecular weight excluding hydrogens is 328 g/mol. The number of H-pyrrole nitrogens is 1. The molecular formula is C25H20N2. The van der Waals surface area contributed by atoms with Gasteiger partial charge in [0.15, 0.2) is 0 Å². The molecule has 1 atom stereocenters. The van der Waals surface area contributed by atoms with Gasteiger partial charge in [-0.25, -0.2) is 0 Å². The lowest BCUT2D eigenvalue weighted by atomic mass is 9.92. The van der Waals surface area contributed by atoms with Gasteiger partial charge in [-0.05, 0) is 25.5 Å². The number of hydrogen-bond donors (Lipinski definition) is 1. The van der Waals surface area contributed by atoms with Crippen LogP contribution in [0.3, 0.4) is 0 Å². The minimum absolute atomic E-state index is 0.0817. The zero-order valence-corrected chi connectivity index (χ0v) is 15.2. The van der Waals surface area contributed by atoms with Crippen LogP contribution in [0.1, 0.15) is 13.3 Å². The highest BCUT2D eigenvalue weighted by atomic mass is 15.1. The number of nitrogens with zero attached hydrogens (tertiary/aromatic N) is 1. The van der Waals surface area contributed by atoms with Crippen LogP contribution in [-0.4, -0.2) is 9.55 Å². The Balaban J connectivity index is 1.88. The van der Waals surface area contributed by atoms with Crippen molar-refractivity contribution in [3.05, 3.63) is 85.0 Å². The Labute approximate surface area is 157 Å². The van der Waals surface area contributed by atoms with Gasteiger partial charge in [0.1, 0.15) is 0 Å². The van der Waals surface area contributed by atoms with Gasteiger partial charge in [-0.1, -0.05) is 72.8 Å². The average Bonchev–Trinajstić information content (AvgIpc) is 3.24. The Hall–Kier alpha value is -3.26. The summed E-state index contributed by atoms with van der Waals surface area (Å²) in [6.07, 6.45) is 9.92. The third-order valence-electron chi connectivity index (χ3n) is 6.06. The van der Waals surface area contributed by atoms with Crippen molar-refractivity contribution in [2.24, 2.45) is 0 Å². The summed E-state index contributed by atoms with van der Waals surface area (Å²) < 4.78 is 2.54. The molecule has 1 aliphatic carbocycles. The second kappa shape index (κ2) is 5.14. The van der Waals surface area contributed by atoms with Crippen LogP contribution in [0.4, 0.5) is 0 Å². The molecule has 2 heterocycles. The van der Waals surface area contributed by atoms with Gasteiger partial charge in [0.25, 0.3) is 0 Å². The molecule has 5 aromatic rings. The van der Waals surface area contributed by atoms with Crippen LogP contribution in [0.15, 0.2) is 85.0 Å². The van der Waals surface area contributed by atoms with Crippen molar-refractivity contribution in [2.75, 3.05) is 0 Å². The minimum atomic E-state index is -0.0817. The largest absolute Gasteiger partial charge is 0.353 e. The van der Waals surface area contributed by atoms with E-state index in [0.29, 0.717) is 0 Å². The van der Waals surface area contributed by atoms with Crippen LogP contribution in [0.2, 0.25) is 0 Å². The highest BCUT2D eigenvalue weighted by Gasteiger charge is 2.28. The third kappa shape index (κ3) is 1.90. The summed E-state index contributed by atoms with van der Waals surface area (Å²) in [6, 6.07) is 21.9. The van der Waals surface area contributed by atoms with Gasteiger partial charge in [0.05, 0.1) is 16.6 Å². The predicted octanol–water partition coefficient (Wildman–Crippen LogP) is 6.66. The highest BCUT2D eigenvalue weighted by Crippen LogP contribution is 2.41. The normalized spacial score (nSPS) is 19.7. The Morgan fingerprint density at radius 3 is 2.44 bits per heavy atom. The van der Waals surface area contributed by atoms with Crippen LogP contribution in [0.25, 0.3) is 43.6 Å². The van der Waals surface area contributed by atoms with Crippen molar-refractivity contribution in [3.8, 4) is 0 Å². The lowest BCUT2D eigenvalue weighted by molar-refractivity contribution is 0.438. The first-order valence-corrected chi connectivity index (χ1v) is 9.54. The van der Waals surface area contributed by atoms with Crippen LogP contribution in [0, 0.1) is 0 Å².